The Bertz CT molecular complexity index is 733. The third-order valence-corrected chi connectivity index (χ3v) is 4.06. The predicted molar refractivity (Wildman–Crippen MR) is 84.8 cm³/mol. The van der Waals surface area contributed by atoms with Crippen LogP contribution in [0.2, 0.25) is 0 Å². The summed E-state index contributed by atoms with van der Waals surface area (Å²) in [6, 6.07) is 15.0. The minimum Gasteiger partial charge on any atom is -0.343 e. The molecule has 2 nitrogen and oxygen atoms in total. The van der Waals surface area contributed by atoms with Gasteiger partial charge in [0.05, 0.1) is 0 Å². The highest BCUT2D eigenvalue weighted by molar-refractivity contribution is 5.84. The monoisotopic (exact) mass is 264 g/mol. The van der Waals surface area contributed by atoms with Crippen LogP contribution in [-0.2, 0) is 13.1 Å². The van der Waals surface area contributed by atoms with Crippen LogP contribution in [-0.4, -0.2) is 4.57 Å². The van der Waals surface area contributed by atoms with Gasteiger partial charge < -0.3 is 10.3 Å². The van der Waals surface area contributed by atoms with Crippen molar-refractivity contribution in [3.05, 3.63) is 70.9 Å². The Hall–Kier alpha value is -2.06. The second-order valence-electron chi connectivity index (χ2n) is 5.37. The molecule has 102 valence electrons. The zero-order chi connectivity index (χ0) is 14.1. The first kappa shape index (κ1) is 12.9. The van der Waals surface area contributed by atoms with Crippen LogP contribution in [0.3, 0.4) is 0 Å². The molecule has 2 N–H and O–H groups in total. The van der Waals surface area contributed by atoms with Crippen molar-refractivity contribution in [3.63, 3.8) is 0 Å². The first-order valence-electron chi connectivity index (χ1n) is 7.02. The molecule has 2 aromatic carbocycles. The number of hydrogen-bond acceptors (Lipinski definition) is 1. The largest absolute Gasteiger partial charge is 0.343 e. The van der Waals surface area contributed by atoms with Gasteiger partial charge in [-0.3, -0.25) is 0 Å². The van der Waals surface area contributed by atoms with Crippen LogP contribution < -0.4 is 5.73 Å². The molecule has 0 fully saturated rings. The van der Waals surface area contributed by atoms with E-state index < -0.39 is 0 Å². The first-order chi connectivity index (χ1) is 9.70. The van der Waals surface area contributed by atoms with Crippen molar-refractivity contribution in [2.24, 2.45) is 5.73 Å². The summed E-state index contributed by atoms with van der Waals surface area (Å²) >= 11 is 0. The van der Waals surface area contributed by atoms with E-state index >= 15 is 0 Å². The van der Waals surface area contributed by atoms with Crippen molar-refractivity contribution in [1.82, 2.24) is 4.57 Å². The van der Waals surface area contributed by atoms with Crippen LogP contribution in [0.25, 0.3) is 10.9 Å². The Morgan fingerprint density at radius 3 is 2.35 bits per heavy atom. The molecule has 0 radical (unpaired) electrons. The van der Waals surface area contributed by atoms with Gasteiger partial charge in [0.15, 0.2) is 0 Å². The highest BCUT2D eigenvalue weighted by Gasteiger charge is 2.09. The molecule has 20 heavy (non-hydrogen) atoms. The number of para-hydroxylation sites is 1. The molecule has 2 heteroatoms. The minimum atomic E-state index is 0.584. The molecule has 1 heterocycles. The number of aromatic nitrogens is 1. The van der Waals surface area contributed by atoms with Crippen LogP contribution in [0.4, 0.5) is 0 Å². The van der Waals surface area contributed by atoms with Gasteiger partial charge in [0.2, 0.25) is 0 Å². The summed E-state index contributed by atoms with van der Waals surface area (Å²) in [6.45, 7) is 5.84. The van der Waals surface area contributed by atoms with Gasteiger partial charge in [-0.25, -0.2) is 0 Å². The van der Waals surface area contributed by atoms with E-state index in [1.54, 1.807) is 0 Å². The van der Waals surface area contributed by atoms with Gasteiger partial charge in [-0.05, 0) is 42.2 Å². The van der Waals surface area contributed by atoms with Crippen molar-refractivity contribution < 1.29 is 0 Å². The topological polar surface area (TPSA) is 30.9 Å². The lowest BCUT2D eigenvalue weighted by Gasteiger charge is -2.11. The number of aryl methyl sites for hydroxylation is 2. The van der Waals surface area contributed by atoms with Crippen molar-refractivity contribution in [3.8, 4) is 0 Å². The van der Waals surface area contributed by atoms with E-state index in [1.165, 1.54) is 33.2 Å². The molecule has 3 rings (SSSR count). The Balaban J connectivity index is 2.12. The fourth-order valence-corrected chi connectivity index (χ4v) is 2.89. The van der Waals surface area contributed by atoms with E-state index in [0.29, 0.717) is 6.54 Å². The SMILES string of the molecule is Cc1cccc(C)c1Cn1cc(CN)c2ccccc21. The van der Waals surface area contributed by atoms with E-state index in [4.69, 9.17) is 5.73 Å². The quantitative estimate of drug-likeness (QED) is 0.767. The summed E-state index contributed by atoms with van der Waals surface area (Å²) in [5.41, 5.74) is 12.4. The molecule has 0 aliphatic rings. The van der Waals surface area contributed by atoms with Crippen molar-refractivity contribution in [2.45, 2.75) is 26.9 Å². The first-order valence-corrected chi connectivity index (χ1v) is 7.02. The predicted octanol–water partition coefficient (Wildman–Crippen LogP) is 3.77. The third kappa shape index (κ3) is 2.12. The van der Waals surface area contributed by atoms with Crippen molar-refractivity contribution in [1.29, 1.82) is 0 Å². The lowest BCUT2D eigenvalue weighted by molar-refractivity contribution is 0.817. The molecule has 0 aliphatic heterocycles. The van der Waals surface area contributed by atoms with E-state index in [9.17, 15) is 0 Å². The Kier molecular flexibility index (Phi) is 3.33. The molecule has 1 aromatic heterocycles. The molecule has 3 aromatic rings. The van der Waals surface area contributed by atoms with Gasteiger partial charge >= 0.3 is 0 Å². The fraction of sp³-hybridized carbons (Fsp3) is 0.222. The van der Waals surface area contributed by atoms with Crippen molar-refractivity contribution >= 4 is 10.9 Å². The van der Waals surface area contributed by atoms with Gasteiger partial charge in [0.25, 0.3) is 0 Å². The molecule has 0 unspecified atom stereocenters. The summed E-state index contributed by atoms with van der Waals surface area (Å²) < 4.78 is 2.31. The standard InChI is InChI=1S/C18H20N2/c1-13-6-5-7-14(2)17(13)12-20-11-15(10-19)16-8-3-4-9-18(16)20/h3-9,11H,10,12,19H2,1-2H3. The minimum absolute atomic E-state index is 0.584. The fourth-order valence-electron chi connectivity index (χ4n) is 2.89. The molecule has 0 amide bonds. The zero-order valence-electron chi connectivity index (χ0n) is 12.1. The van der Waals surface area contributed by atoms with Gasteiger partial charge in [0, 0.05) is 30.2 Å². The van der Waals surface area contributed by atoms with Crippen LogP contribution in [0.15, 0.2) is 48.7 Å². The zero-order valence-corrected chi connectivity index (χ0v) is 12.1. The smallest absolute Gasteiger partial charge is 0.0486 e. The van der Waals surface area contributed by atoms with E-state index in [1.807, 2.05) is 0 Å². The average molecular weight is 264 g/mol. The van der Waals surface area contributed by atoms with Gasteiger partial charge in [-0.15, -0.1) is 0 Å². The summed E-state index contributed by atoms with van der Waals surface area (Å²) in [6.07, 6.45) is 2.19. The second kappa shape index (κ2) is 5.14. The normalized spacial score (nSPS) is 11.2. The summed E-state index contributed by atoms with van der Waals surface area (Å²) in [5, 5.41) is 1.27. The maximum absolute atomic E-state index is 5.87. The summed E-state index contributed by atoms with van der Waals surface area (Å²) in [5.74, 6) is 0. The molecule has 0 spiro atoms. The van der Waals surface area contributed by atoms with Crippen LogP contribution in [0.5, 0.6) is 0 Å². The van der Waals surface area contributed by atoms with Gasteiger partial charge in [-0.1, -0.05) is 36.4 Å². The van der Waals surface area contributed by atoms with Gasteiger partial charge in [-0.2, -0.15) is 0 Å². The number of fused-ring (bicyclic) bond motifs is 1. The number of hydrogen-bond donors (Lipinski definition) is 1. The average Bonchev–Trinajstić information content (AvgIpc) is 2.81. The summed E-state index contributed by atoms with van der Waals surface area (Å²) in [7, 11) is 0. The number of nitrogens with two attached hydrogens (primary N) is 1. The molecule has 0 saturated carbocycles. The lowest BCUT2D eigenvalue weighted by Crippen LogP contribution is -2.02. The van der Waals surface area contributed by atoms with E-state index in [2.05, 4.69) is 67.1 Å². The Labute approximate surface area is 119 Å². The van der Waals surface area contributed by atoms with Crippen LogP contribution in [0.1, 0.15) is 22.3 Å². The number of nitrogens with zero attached hydrogens (tertiary/aromatic N) is 1. The lowest BCUT2D eigenvalue weighted by atomic mass is 10.0. The number of rotatable bonds is 3. The maximum Gasteiger partial charge on any atom is 0.0486 e. The maximum atomic E-state index is 5.87. The second-order valence-corrected chi connectivity index (χ2v) is 5.37. The van der Waals surface area contributed by atoms with Crippen LogP contribution >= 0.6 is 0 Å². The highest BCUT2D eigenvalue weighted by atomic mass is 15.0. The van der Waals surface area contributed by atoms with Crippen LogP contribution in [0, 0.1) is 13.8 Å². The van der Waals surface area contributed by atoms with E-state index in [-0.39, 0.29) is 0 Å². The highest BCUT2D eigenvalue weighted by Crippen LogP contribution is 2.23. The molecule has 0 atom stereocenters. The molecule has 0 aliphatic carbocycles. The van der Waals surface area contributed by atoms with Crippen molar-refractivity contribution in [2.75, 3.05) is 0 Å². The van der Waals surface area contributed by atoms with Gasteiger partial charge in [0.1, 0.15) is 0 Å². The Morgan fingerprint density at radius 1 is 0.950 bits per heavy atom. The molecule has 0 saturated heterocycles. The third-order valence-electron chi connectivity index (χ3n) is 4.06. The molecular weight excluding hydrogens is 244 g/mol. The molecule has 0 bridgehead atoms. The number of benzene rings is 2. The van der Waals surface area contributed by atoms with E-state index in [0.717, 1.165) is 6.54 Å². The Morgan fingerprint density at radius 2 is 1.65 bits per heavy atom. The molecular formula is C18H20N2. The summed E-state index contributed by atoms with van der Waals surface area (Å²) in [4.78, 5) is 0.